The number of carbonyl (C=O) groups is 1. The minimum Gasteiger partial charge on any atom is -0.366 e. The lowest BCUT2D eigenvalue weighted by Crippen LogP contribution is -2.14. The number of thiophene rings is 1. The number of carbonyl (C=O) groups excluding carboxylic acids is 1. The molecule has 1 aromatic heterocycles. The van der Waals surface area contributed by atoms with E-state index in [2.05, 4.69) is 0 Å². The van der Waals surface area contributed by atoms with Crippen molar-refractivity contribution in [2.75, 3.05) is 0 Å². The molecule has 1 aromatic rings. The van der Waals surface area contributed by atoms with Crippen LogP contribution < -0.4 is 5.73 Å². The summed E-state index contributed by atoms with van der Waals surface area (Å²) in [5.74, 6) is 0.498. The molecular weight excluding hydrogens is 206 g/mol. The number of hydrogen-bond acceptors (Lipinski definition) is 2. The van der Waals surface area contributed by atoms with Gasteiger partial charge in [0.25, 0.3) is 0 Å². The lowest BCUT2D eigenvalue weighted by molar-refractivity contribution is 0.0999. The molecule has 0 unspecified atom stereocenters. The Bertz CT molecular complexity index is 339. The zero-order chi connectivity index (χ0) is 10.7. The Labute approximate surface area is 94.5 Å². The van der Waals surface area contributed by atoms with E-state index in [1.54, 1.807) is 11.3 Å². The van der Waals surface area contributed by atoms with Gasteiger partial charge in [0, 0.05) is 4.88 Å². The van der Waals surface area contributed by atoms with E-state index in [0.717, 1.165) is 17.9 Å². The van der Waals surface area contributed by atoms with Gasteiger partial charge in [-0.2, -0.15) is 0 Å². The molecule has 1 fully saturated rings. The van der Waals surface area contributed by atoms with Crippen LogP contribution in [0.25, 0.3) is 0 Å². The largest absolute Gasteiger partial charge is 0.366 e. The van der Waals surface area contributed by atoms with Crippen LogP contribution in [0.5, 0.6) is 0 Å². The van der Waals surface area contributed by atoms with Crippen molar-refractivity contribution in [3.8, 4) is 0 Å². The second-order valence-electron chi connectivity index (χ2n) is 4.33. The molecule has 0 bridgehead atoms. The van der Waals surface area contributed by atoms with E-state index in [1.807, 2.05) is 11.4 Å². The van der Waals surface area contributed by atoms with Crippen molar-refractivity contribution in [3.63, 3.8) is 0 Å². The summed E-state index contributed by atoms with van der Waals surface area (Å²) in [5.41, 5.74) is 6.07. The van der Waals surface area contributed by atoms with Gasteiger partial charge in [-0.1, -0.05) is 32.1 Å². The first kappa shape index (κ1) is 10.7. The fraction of sp³-hybridized carbons (Fsp3) is 0.583. The van der Waals surface area contributed by atoms with Crippen LogP contribution in [0.4, 0.5) is 0 Å². The summed E-state index contributed by atoms with van der Waals surface area (Å²) in [5, 5.41) is 1.97. The van der Waals surface area contributed by atoms with Gasteiger partial charge < -0.3 is 5.73 Å². The topological polar surface area (TPSA) is 43.1 Å². The Kier molecular flexibility index (Phi) is 3.41. The van der Waals surface area contributed by atoms with Crippen LogP contribution in [0.15, 0.2) is 11.4 Å². The first-order valence-corrected chi connectivity index (χ1v) is 6.51. The van der Waals surface area contributed by atoms with Gasteiger partial charge in [0.05, 0.1) is 5.56 Å². The number of amides is 1. The fourth-order valence-corrected chi connectivity index (χ4v) is 3.37. The van der Waals surface area contributed by atoms with Crippen molar-refractivity contribution in [1.29, 1.82) is 0 Å². The average molecular weight is 223 g/mol. The second kappa shape index (κ2) is 4.79. The number of rotatable bonds is 3. The maximum atomic E-state index is 11.2. The summed E-state index contributed by atoms with van der Waals surface area (Å²) >= 11 is 1.67. The van der Waals surface area contributed by atoms with E-state index in [1.165, 1.54) is 37.0 Å². The van der Waals surface area contributed by atoms with Gasteiger partial charge >= 0.3 is 0 Å². The van der Waals surface area contributed by atoms with Crippen molar-refractivity contribution in [2.24, 2.45) is 11.7 Å². The van der Waals surface area contributed by atoms with E-state index < -0.39 is 0 Å². The van der Waals surface area contributed by atoms with Gasteiger partial charge in [-0.3, -0.25) is 4.79 Å². The summed E-state index contributed by atoms with van der Waals surface area (Å²) in [6.07, 6.45) is 7.76. The van der Waals surface area contributed by atoms with Gasteiger partial charge in [0.15, 0.2) is 0 Å². The van der Waals surface area contributed by atoms with Crippen molar-refractivity contribution in [1.82, 2.24) is 0 Å². The van der Waals surface area contributed by atoms with Crippen molar-refractivity contribution in [3.05, 3.63) is 21.9 Å². The van der Waals surface area contributed by atoms with Crippen molar-refractivity contribution < 1.29 is 4.79 Å². The molecule has 0 atom stereocenters. The molecule has 0 aliphatic heterocycles. The third-order valence-corrected chi connectivity index (χ3v) is 4.15. The summed E-state index contributed by atoms with van der Waals surface area (Å²) in [4.78, 5) is 12.3. The molecule has 0 aromatic carbocycles. The molecular formula is C12H17NOS. The highest BCUT2D eigenvalue weighted by atomic mass is 32.1. The standard InChI is InChI=1S/C12H17NOS/c13-12(14)10-6-7-15-11(10)8-9-4-2-1-3-5-9/h6-7,9H,1-5,8H2,(H2,13,14). The molecule has 2 nitrogen and oxygen atoms in total. The number of nitrogens with two attached hydrogens (primary N) is 1. The molecule has 0 spiro atoms. The smallest absolute Gasteiger partial charge is 0.249 e. The fourth-order valence-electron chi connectivity index (χ4n) is 2.37. The van der Waals surface area contributed by atoms with Gasteiger partial charge in [-0.25, -0.2) is 0 Å². The monoisotopic (exact) mass is 223 g/mol. The normalized spacial score (nSPS) is 17.9. The molecule has 1 amide bonds. The minimum atomic E-state index is -0.276. The molecule has 1 aliphatic carbocycles. The molecule has 82 valence electrons. The van der Waals surface area contributed by atoms with E-state index in [4.69, 9.17) is 5.73 Å². The molecule has 1 heterocycles. The Morgan fingerprint density at radius 1 is 1.40 bits per heavy atom. The van der Waals surface area contributed by atoms with E-state index >= 15 is 0 Å². The zero-order valence-electron chi connectivity index (χ0n) is 8.87. The van der Waals surface area contributed by atoms with Crippen molar-refractivity contribution >= 4 is 17.2 Å². The summed E-state index contributed by atoms with van der Waals surface area (Å²) in [7, 11) is 0. The molecule has 1 aliphatic rings. The van der Waals surface area contributed by atoms with Gasteiger partial charge in [-0.05, 0) is 23.8 Å². The van der Waals surface area contributed by atoms with Crippen molar-refractivity contribution in [2.45, 2.75) is 38.5 Å². The summed E-state index contributed by atoms with van der Waals surface area (Å²) in [6.45, 7) is 0. The van der Waals surface area contributed by atoms with E-state index in [0.29, 0.717) is 0 Å². The lowest BCUT2D eigenvalue weighted by atomic mass is 9.86. The molecule has 0 radical (unpaired) electrons. The Morgan fingerprint density at radius 2 is 2.13 bits per heavy atom. The van der Waals surface area contributed by atoms with Crippen LogP contribution >= 0.6 is 11.3 Å². The quantitative estimate of drug-likeness (QED) is 0.841. The predicted molar refractivity (Wildman–Crippen MR) is 63.1 cm³/mol. The SMILES string of the molecule is NC(=O)c1ccsc1CC1CCCCC1. The molecule has 15 heavy (non-hydrogen) atoms. The number of primary amides is 1. The third-order valence-electron chi connectivity index (χ3n) is 3.21. The highest BCUT2D eigenvalue weighted by Gasteiger charge is 2.17. The van der Waals surface area contributed by atoms with Crippen LogP contribution in [0.1, 0.15) is 47.3 Å². The zero-order valence-corrected chi connectivity index (χ0v) is 9.69. The van der Waals surface area contributed by atoms with Crippen LogP contribution in [-0.4, -0.2) is 5.91 Å². The molecule has 2 rings (SSSR count). The molecule has 0 saturated heterocycles. The summed E-state index contributed by atoms with van der Waals surface area (Å²) in [6, 6.07) is 1.85. The average Bonchev–Trinajstić information content (AvgIpc) is 2.67. The summed E-state index contributed by atoms with van der Waals surface area (Å²) < 4.78 is 0. The van der Waals surface area contributed by atoms with Gasteiger partial charge in [0.1, 0.15) is 0 Å². The first-order chi connectivity index (χ1) is 7.27. The molecule has 3 heteroatoms. The van der Waals surface area contributed by atoms with E-state index in [9.17, 15) is 4.79 Å². The lowest BCUT2D eigenvalue weighted by Gasteiger charge is -2.21. The third kappa shape index (κ3) is 2.59. The maximum Gasteiger partial charge on any atom is 0.249 e. The Morgan fingerprint density at radius 3 is 2.80 bits per heavy atom. The number of hydrogen-bond donors (Lipinski definition) is 1. The van der Waals surface area contributed by atoms with Crippen LogP contribution in [0.2, 0.25) is 0 Å². The maximum absolute atomic E-state index is 11.2. The highest BCUT2D eigenvalue weighted by Crippen LogP contribution is 2.29. The van der Waals surface area contributed by atoms with Gasteiger partial charge in [0.2, 0.25) is 5.91 Å². The predicted octanol–water partition coefficient (Wildman–Crippen LogP) is 2.97. The minimum absolute atomic E-state index is 0.276. The highest BCUT2D eigenvalue weighted by molar-refractivity contribution is 7.10. The second-order valence-corrected chi connectivity index (χ2v) is 5.33. The van der Waals surface area contributed by atoms with Gasteiger partial charge in [-0.15, -0.1) is 11.3 Å². The molecule has 1 saturated carbocycles. The first-order valence-electron chi connectivity index (χ1n) is 5.63. The van der Waals surface area contributed by atoms with Crippen LogP contribution in [0.3, 0.4) is 0 Å². The van der Waals surface area contributed by atoms with Crippen LogP contribution in [0, 0.1) is 5.92 Å². The Hall–Kier alpha value is -0.830. The van der Waals surface area contributed by atoms with Crippen LogP contribution in [-0.2, 0) is 6.42 Å². The molecule has 2 N–H and O–H groups in total. The van der Waals surface area contributed by atoms with E-state index in [-0.39, 0.29) is 5.91 Å². The Balaban J connectivity index is 2.03.